The lowest BCUT2D eigenvalue weighted by molar-refractivity contribution is 0.329. The molecule has 0 aliphatic rings. The minimum Gasteiger partial charge on any atom is -0.301 e. The van der Waals surface area contributed by atoms with Crippen LogP contribution in [0.25, 0.3) is 0 Å². The standard InChI is InChI=1S/C12H18ClN/c1-10-6-4-5-7-12(10)9-14(3)8-11(2)13/h4-7,11H,8-9H2,1-3H3. The summed E-state index contributed by atoms with van der Waals surface area (Å²) in [5.41, 5.74) is 2.73. The van der Waals surface area contributed by atoms with E-state index < -0.39 is 0 Å². The summed E-state index contributed by atoms with van der Waals surface area (Å²) < 4.78 is 0. The van der Waals surface area contributed by atoms with Gasteiger partial charge in [0, 0.05) is 18.5 Å². The molecule has 1 aromatic rings. The maximum absolute atomic E-state index is 5.94. The largest absolute Gasteiger partial charge is 0.301 e. The molecule has 0 aliphatic carbocycles. The SMILES string of the molecule is Cc1ccccc1CN(C)CC(C)Cl. The van der Waals surface area contributed by atoms with E-state index in [1.54, 1.807) is 0 Å². The van der Waals surface area contributed by atoms with E-state index in [1.807, 2.05) is 6.92 Å². The minimum absolute atomic E-state index is 0.212. The van der Waals surface area contributed by atoms with Gasteiger partial charge in [0.1, 0.15) is 0 Å². The average Bonchev–Trinajstić information content (AvgIpc) is 2.07. The van der Waals surface area contributed by atoms with Gasteiger partial charge in [-0.3, -0.25) is 0 Å². The number of alkyl halides is 1. The van der Waals surface area contributed by atoms with Gasteiger partial charge in [0.2, 0.25) is 0 Å². The van der Waals surface area contributed by atoms with Crippen molar-refractivity contribution in [2.45, 2.75) is 25.8 Å². The van der Waals surface area contributed by atoms with Crippen molar-refractivity contribution >= 4 is 11.6 Å². The minimum atomic E-state index is 0.212. The zero-order valence-corrected chi connectivity index (χ0v) is 9.88. The number of halogens is 1. The molecule has 1 aromatic carbocycles. The molecule has 0 fully saturated rings. The molecule has 0 saturated heterocycles. The van der Waals surface area contributed by atoms with Crippen LogP contribution in [-0.2, 0) is 6.54 Å². The lowest BCUT2D eigenvalue weighted by Gasteiger charge is -2.18. The highest BCUT2D eigenvalue weighted by Crippen LogP contribution is 2.10. The van der Waals surface area contributed by atoms with E-state index in [2.05, 4.69) is 43.1 Å². The first-order chi connectivity index (χ1) is 6.59. The Hall–Kier alpha value is -0.530. The van der Waals surface area contributed by atoms with Crippen LogP contribution in [0.15, 0.2) is 24.3 Å². The third-order valence-corrected chi connectivity index (χ3v) is 2.40. The normalized spacial score (nSPS) is 13.2. The Kier molecular flexibility index (Phi) is 4.43. The van der Waals surface area contributed by atoms with Crippen molar-refractivity contribution in [2.75, 3.05) is 13.6 Å². The molecule has 1 nitrogen and oxygen atoms in total. The first-order valence-corrected chi connectivity index (χ1v) is 5.40. The van der Waals surface area contributed by atoms with Gasteiger partial charge in [0.05, 0.1) is 0 Å². The van der Waals surface area contributed by atoms with Gasteiger partial charge in [-0.25, -0.2) is 0 Å². The summed E-state index contributed by atoms with van der Waals surface area (Å²) >= 11 is 5.94. The predicted molar refractivity (Wildman–Crippen MR) is 62.8 cm³/mol. The zero-order valence-electron chi connectivity index (χ0n) is 9.13. The number of rotatable bonds is 4. The summed E-state index contributed by atoms with van der Waals surface area (Å²) in [6.07, 6.45) is 0. The Labute approximate surface area is 91.7 Å². The van der Waals surface area contributed by atoms with Crippen molar-refractivity contribution in [3.63, 3.8) is 0 Å². The number of hydrogen-bond acceptors (Lipinski definition) is 1. The van der Waals surface area contributed by atoms with Gasteiger partial charge < -0.3 is 4.90 Å². The van der Waals surface area contributed by atoms with Gasteiger partial charge in [-0.2, -0.15) is 0 Å². The van der Waals surface area contributed by atoms with Crippen molar-refractivity contribution < 1.29 is 0 Å². The first kappa shape index (κ1) is 11.5. The van der Waals surface area contributed by atoms with Crippen molar-refractivity contribution in [1.82, 2.24) is 4.90 Å². The fourth-order valence-electron chi connectivity index (χ4n) is 1.57. The molecule has 0 aliphatic heterocycles. The van der Waals surface area contributed by atoms with E-state index in [1.165, 1.54) is 11.1 Å². The third kappa shape index (κ3) is 3.69. The van der Waals surface area contributed by atoms with Crippen LogP contribution in [0.2, 0.25) is 0 Å². The van der Waals surface area contributed by atoms with Crippen LogP contribution in [0.4, 0.5) is 0 Å². The van der Waals surface area contributed by atoms with Crippen LogP contribution in [-0.4, -0.2) is 23.9 Å². The molecule has 78 valence electrons. The van der Waals surface area contributed by atoms with E-state index in [0.717, 1.165) is 13.1 Å². The summed E-state index contributed by atoms with van der Waals surface area (Å²) in [6.45, 7) is 6.07. The second kappa shape index (κ2) is 5.38. The van der Waals surface area contributed by atoms with Crippen LogP contribution in [0.5, 0.6) is 0 Å². The highest BCUT2D eigenvalue weighted by atomic mass is 35.5. The monoisotopic (exact) mass is 211 g/mol. The Morgan fingerprint density at radius 2 is 2.00 bits per heavy atom. The topological polar surface area (TPSA) is 3.24 Å². The van der Waals surface area contributed by atoms with Crippen molar-refractivity contribution in [3.05, 3.63) is 35.4 Å². The van der Waals surface area contributed by atoms with E-state index in [0.29, 0.717) is 0 Å². The molecule has 2 heteroatoms. The maximum Gasteiger partial charge on any atom is 0.0435 e. The molecule has 0 bridgehead atoms. The first-order valence-electron chi connectivity index (χ1n) is 4.96. The maximum atomic E-state index is 5.94. The van der Waals surface area contributed by atoms with E-state index in [-0.39, 0.29) is 5.38 Å². The summed E-state index contributed by atoms with van der Waals surface area (Å²) in [6, 6.07) is 8.47. The summed E-state index contributed by atoms with van der Waals surface area (Å²) in [7, 11) is 2.10. The highest BCUT2D eigenvalue weighted by Gasteiger charge is 2.05. The van der Waals surface area contributed by atoms with Gasteiger partial charge in [-0.05, 0) is 32.0 Å². The summed E-state index contributed by atoms with van der Waals surface area (Å²) in [4.78, 5) is 2.25. The van der Waals surface area contributed by atoms with Gasteiger partial charge in [0.25, 0.3) is 0 Å². The fraction of sp³-hybridized carbons (Fsp3) is 0.500. The molecule has 0 heterocycles. The molecule has 14 heavy (non-hydrogen) atoms. The average molecular weight is 212 g/mol. The summed E-state index contributed by atoms with van der Waals surface area (Å²) in [5.74, 6) is 0. The molecule has 0 radical (unpaired) electrons. The molecule has 1 unspecified atom stereocenters. The molecule has 1 atom stereocenters. The zero-order chi connectivity index (χ0) is 10.6. The third-order valence-electron chi connectivity index (χ3n) is 2.26. The molecular weight excluding hydrogens is 194 g/mol. The fourth-order valence-corrected chi connectivity index (χ4v) is 1.81. The number of nitrogens with zero attached hydrogens (tertiary/aromatic N) is 1. The smallest absolute Gasteiger partial charge is 0.0435 e. The van der Waals surface area contributed by atoms with Gasteiger partial charge in [-0.1, -0.05) is 24.3 Å². The number of benzene rings is 1. The van der Waals surface area contributed by atoms with Crippen LogP contribution >= 0.6 is 11.6 Å². The van der Waals surface area contributed by atoms with Crippen LogP contribution in [0.3, 0.4) is 0 Å². The van der Waals surface area contributed by atoms with Crippen molar-refractivity contribution in [2.24, 2.45) is 0 Å². The van der Waals surface area contributed by atoms with E-state index in [4.69, 9.17) is 11.6 Å². The lowest BCUT2D eigenvalue weighted by Crippen LogP contribution is -2.24. The molecular formula is C12H18ClN. The van der Waals surface area contributed by atoms with Gasteiger partial charge in [-0.15, -0.1) is 11.6 Å². The van der Waals surface area contributed by atoms with E-state index >= 15 is 0 Å². The van der Waals surface area contributed by atoms with Crippen LogP contribution < -0.4 is 0 Å². The highest BCUT2D eigenvalue weighted by molar-refractivity contribution is 6.20. The van der Waals surface area contributed by atoms with E-state index in [9.17, 15) is 0 Å². The summed E-state index contributed by atoms with van der Waals surface area (Å²) in [5, 5.41) is 0.212. The Morgan fingerprint density at radius 1 is 1.36 bits per heavy atom. The second-order valence-corrected chi connectivity index (χ2v) is 4.65. The van der Waals surface area contributed by atoms with Crippen LogP contribution in [0.1, 0.15) is 18.1 Å². The predicted octanol–water partition coefficient (Wildman–Crippen LogP) is 3.05. The quantitative estimate of drug-likeness (QED) is 0.692. The number of aryl methyl sites for hydroxylation is 1. The Bertz CT molecular complexity index is 283. The Balaban J connectivity index is 2.56. The van der Waals surface area contributed by atoms with Crippen molar-refractivity contribution in [1.29, 1.82) is 0 Å². The van der Waals surface area contributed by atoms with Gasteiger partial charge in [0.15, 0.2) is 0 Å². The molecule has 0 N–H and O–H groups in total. The van der Waals surface area contributed by atoms with Gasteiger partial charge >= 0.3 is 0 Å². The molecule has 0 amide bonds. The molecule has 0 spiro atoms. The molecule has 0 saturated carbocycles. The number of hydrogen-bond donors (Lipinski definition) is 0. The van der Waals surface area contributed by atoms with Crippen molar-refractivity contribution in [3.8, 4) is 0 Å². The molecule has 1 rings (SSSR count). The second-order valence-electron chi connectivity index (χ2n) is 3.90. The molecule has 0 aromatic heterocycles. The lowest BCUT2D eigenvalue weighted by atomic mass is 10.1. The van der Waals surface area contributed by atoms with Crippen LogP contribution in [0, 0.1) is 6.92 Å². The Morgan fingerprint density at radius 3 is 2.57 bits per heavy atom.